The van der Waals surface area contributed by atoms with E-state index in [2.05, 4.69) is 5.32 Å². The zero-order valence-electron chi connectivity index (χ0n) is 15.8. The van der Waals surface area contributed by atoms with Gasteiger partial charge >= 0.3 is 0 Å². The molecule has 1 aliphatic heterocycles. The molecule has 0 fully saturated rings. The van der Waals surface area contributed by atoms with Crippen LogP contribution >= 0.6 is 0 Å². The Morgan fingerprint density at radius 3 is 2.21 bits per heavy atom. The zero-order valence-corrected chi connectivity index (χ0v) is 15.8. The van der Waals surface area contributed by atoms with E-state index in [-0.39, 0.29) is 18.2 Å². The van der Waals surface area contributed by atoms with Gasteiger partial charge in [-0.05, 0) is 35.7 Å². The number of fused-ring (bicyclic) bond motifs is 1. The summed E-state index contributed by atoms with van der Waals surface area (Å²) in [5.41, 5.74) is 2.64. The lowest BCUT2D eigenvalue weighted by molar-refractivity contribution is -0.127. The first-order valence-corrected chi connectivity index (χ1v) is 9.37. The fraction of sp³-hybridized carbons (Fsp3) is 0.167. The first-order valence-electron chi connectivity index (χ1n) is 9.37. The Balaban J connectivity index is 1.72. The molecular formula is C24H22N2O2. The van der Waals surface area contributed by atoms with E-state index in [4.69, 9.17) is 0 Å². The van der Waals surface area contributed by atoms with Crippen LogP contribution in [-0.4, -0.2) is 18.9 Å². The number of nitrogens with zero attached hydrogens (tertiary/aromatic N) is 1. The molecule has 3 aromatic rings. The van der Waals surface area contributed by atoms with Crippen molar-refractivity contribution in [3.63, 3.8) is 0 Å². The molecule has 1 N–H and O–H groups in total. The number of hydrogen-bond donors (Lipinski definition) is 1. The van der Waals surface area contributed by atoms with Crippen molar-refractivity contribution in [3.05, 3.63) is 96.1 Å². The molecule has 0 aromatic heterocycles. The van der Waals surface area contributed by atoms with Crippen LogP contribution in [0.4, 0.5) is 11.4 Å². The number of para-hydroxylation sites is 2. The van der Waals surface area contributed by atoms with E-state index in [0.717, 1.165) is 22.5 Å². The predicted molar refractivity (Wildman–Crippen MR) is 111 cm³/mol. The van der Waals surface area contributed by atoms with Crippen LogP contribution in [0.25, 0.3) is 0 Å². The van der Waals surface area contributed by atoms with Crippen molar-refractivity contribution in [1.82, 2.24) is 0 Å². The zero-order chi connectivity index (χ0) is 19.6. The number of likely N-dealkylation sites (N-methyl/N-ethyl adjacent to an activating group) is 1. The summed E-state index contributed by atoms with van der Waals surface area (Å²) in [6.07, 6.45) is 0.577. The number of benzene rings is 3. The predicted octanol–water partition coefficient (Wildman–Crippen LogP) is 4.17. The lowest BCUT2D eigenvalue weighted by atomic mass is 9.73. The smallest absolute Gasteiger partial charge is 0.238 e. The van der Waals surface area contributed by atoms with E-state index < -0.39 is 5.41 Å². The van der Waals surface area contributed by atoms with Gasteiger partial charge in [-0.15, -0.1) is 0 Å². The maximum Gasteiger partial charge on any atom is 0.238 e. The Labute approximate surface area is 164 Å². The van der Waals surface area contributed by atoms with E-state index in [9.17, 15) is 9.59 Å². The van der Waals surface area contributed by atoms with Gasteiger partial charge < -0.3 is 10.2 Å². The largest absolute Gasteiger partial charge is 0.326 e. The van der Waals surface area contributed by atoms with Crippen LogP contribution in [0.15, 0.2) is 84.9 Å². The summed E-state index contributed by atoms with van der Waals surface area (Å²) in [5.74, 6) is -0.207. The standard InChI is InChI=1S/C24H22N2O2/c1-26-21-15-9-8-14-20(21)24(23(26)28,16-18-10-4-2-5-11-18)17-22(27)25-19-12-6-3-7-13-19/h2-15H,16-17H2,1H3,(H,25,27)/t24-/m1/s1. The second kappa shape index (κ2) is 7.31. The number of carbonyl (C=O) groups excluding carboxylic acids is 2. The van der Waals surface area contributed by atoms with Gasteiger partial charge in [-0.2, -0.15) is 0 Å². The molecule has 0 saturated heterocycles. The van der Waals surface area contributed by atoms with Crippen molar-refractivity contribution in [3.8, 4) is 0 Å². The van der Waals surface area contributed by atoms with E-state index in [1.165, 1.54) is 0 Å². The fourth-order valence-corrected chi connectivity index (χ4v) is 4.07. The molecule has 1 aliphatic rings. The molecule has 28 heavy (non-hydrogen) atoms. The molecule has 4 nitrogen and oxygen atoms in total. The van der Waals surface area contributed by atoms with Crippen molar-refractivity contribution < 1.29 is 9.59 Å². The van der Waals surface area contributed by atoms with Gasteiger partial charge in [-0.25, -0.2) is 0 Å². The summed E-state index contributed by atoms with van der Waals surface area (Å²) < 4.78 is 0. The van der Waals surface area contributed by atoms with E-state index in [1.807, 2.05) is 84.9 Å². The average molecular weight is 370 g/mol. The van der Waals surface area contributed by atoms with Crippen LogP contribution in [0.1, 0.15) is 17.5 Å². The highest BCUT2D eigenvalue weighted by atomic mass is 16.2. The summed E-state index contributed by atoms with van der Waals surface area (Å²) >= 11 is 0. The quantitative estimate of drug-likeness (QED) is 0.733. The maximum atomic E-state index is 13.4. The third kappa shape index (κ3) is 3.18. The fourth-order valence-electron chi connectivity index (χ4n) is 4.07. The molecule has 0 aliphatic carbocycles. The molecule has 4 heteroatoms. The highest BCUT2D eigenvalue weighted by Crippen LogP contribution is 2.45. The molecule has 1 heterocycles. The Kier molecular flexibility index (Phi) is 4.70. The number of rotatable bonds is 5. The van der Waals surface area contributed by atoms with Gasteiger partial charge in [0, 0.05) is 24.8 Å². The summed E-state index contributed by atoms with van der Waals surface area (Å²) in [4.78, 5) is 28.0. The average Bonchev–Trinajstić information content (AvgIpc) is 2.92. The number of amides is 2. The van der Waals surface area contributed by atoms with Crippen LogP contribution in [0.2, 0.25) is 0 Å². The van der Waals surface area contributed by atoms with Gasteiger partial charge in [-0.1, -0.05) is 66.7 Å². The van der Waals surface area contributed by atoms with Crippen LogP contribution in [0.3, 0.4) is 0 Å². The molecule has 0 unspecified atom stereocenters. The van der Waals surface area contributed by atoms with Crippen molar-refractivity contribution in [2.75, 3.05) is 17.3 Å². The number of carbonyl (C=O) groups is 2. The Morgan fingerprint density at radius 2 is 1.50 bits per heavy atom. The summed E-state index contributed by atoms with van der Waals surface area (Å²) in [7, 11) is 1.78. The molecule has 2 amide bonds. The van der Waals surface area contributed by atoms with Gasteiger partial charge in [0.2, 0.25) is 11.8 Å². The van der Waals surface area contributed by atoms with Crippen LogP contribution in [-0.2, 0) is 21.4 Å². The second-order valence-electron chi connectivity index (χ2n) is 7.22. The maximum absolute atomic E-state index is 13.4. The minimum Gasteiger partial charge on any atom is -0.326 e. The minimum absolute atomic E-state index is 0.0410. The first kappa shape index (κ1) is 18.0. The molecule has 0 spiro atoms. The van der Waals surface area contributed by atoms with Gasteiger partial charge in [-0.3, -0.25) is 9.59 Å². The first-order chi connectivity index (χ1) is 13.6. The van der Waals surface area contributed by atoms with Crippen LogP contribution in [0.5, 0.6) is 0 Å². The Hall–Kier alpha value is -3.40. The summed E-state index contributed by atoms with van der Waals surface area (Å²) in [5, 5.41) is 2.94. The molecule has 0 saturated carbocycles. The molecule has 4 rings (SSSR count). The minimum atomic E-state index is -0.911. The normalized spacial score (nSPS) is 18.0. The van der Waals surface area contributed by atoms with Gasteiger partial charge in [0.15, 0.2) is 0 Å². The molecule has 0 radical (unpaired) electrons. The van der Waals surface area contributed by atoms with E-state index in [1.54, 1.807) is 11.9 Å². The molecule has 0 bridgehead atoms. The second-order valence-corrected chi connectivity index (χ2v) is 7.22. The Morgan fingerprint density at radius 1 is 0.893 bits per heavy atom. The Bertz CT molecular complexity index is 1000. The van der Waals surface area contributed by atoms with Gasteiger partial charge in [0.25, 0.3) is 0 Å². The van der Waals surface area contributed by atoms with Crippen molar-refractivity contribution in [1.29, 1.82) is 0 Å². The number of nitrogens with one attached hydrogen (secondary N) is 1. The third-order valence-electron chi connectivity index (χ3n) is 5.36. The number of hydrogen-bond acceptors (Lipinski definition) is 2. The highest BCUT2D eigenvalue weighted by Gasteiger charge is 2.50. The topological polar surface area (TPSA) is 49.4 Å². The van der Waals surface area contributed by atoms with Crippen LogP contribution in [0, 0.1) is 0 Å². The van der Waals surface area contributed by atoms with E-state index >= 15 is 0 Å². The highest BCUT2D eigenvalue weighted by molar-refractivity contribution is 6.10. The lowest BCUT2D eigenvalue weighted by Gasteiger charge is -2.28. The molecule has 1 atom stereocenters. The summed E-state index contributed by atoms with van der Waals surface area (Å²) in [6, 6.07) is 27.0. The van der Waals surface area contributed by atoms with Gasteiger partial charge in [0.05, 0.1) is 5.41 Å². The van der Waals surface area contributed by atoms with Crippen molar-refractivity contribution >= 4 is 23.2 Å². The molecule has 140 valence electrons. The SMILES string of the molecule is CN1C(=O)[C@@](CC(=O)Nc2ccccc2)(Cc2ccccc2)c2ccccc21. The third-order valence-corrected chi connectivity index (χ3v) is 5.36. The monoisotopic (exact) mass is 370 g/mol. The molecular weight excluding hydrogens is 348 g/mol. The van der Waals surface area contributed by atoms with Crippen LogP contribution < -0.4 is 10.2 Å². The molecule has 3 aromatic carbocycles. The number of anilines is 2. The van der Waals surface area contributed by atoms with E-state index in [0.29, 0.717) is 6.42 Å². The van der Waals surface area contributed by atoms with Gasteiger partial charge in [0.1, 0.15) is 0 Å². The van der Waals surface area contributed by atoms with Crippen molar-refractivity contribution in [2.24, 2.45) is 0 Å². The summed E-state index contributed by atoms with van der Waals surface area (Å²) in [6.45, 7) is 0. The lowest BCUT2D eigenvalue weighted by Crippen LogP contribution is -2.43. The van der Waals surface area contributed by atoms with Crippen molar-refractivity contribution in [2.45, 2.75) is 18.3 Å².